The largest absolute Gasteiger partial charge is 0.488 e. The molecule has 2 rings (SSSR count). The van der Waals surface area contributed by atoms with E-state index < -0.39 is 5.97 Å². The first-order valence-electron chi connectivity index (χ1n) is 6.92. The molecule has 3 nitrogen and oxygen atoms in total. The summed E-state index contributed by atoms with van der Waals surface area (Å²) >= 11 is 0. The molecule has 0 radical (unpaired) electrons. The fourth-order valence-corrected chi connectivity index (χ4v) is 2.52. The van der Waals surface area contributed by atoms with Gasteiger partial charge in [0.1, 0.15) is 17.9 Å². The predicted molar refractivity (Wildman–Crippen MR) is 83.1 cm³/mol. The number of hydrogen-bond acceptors (Lipinski definition) is 2. The number of benzene rings is 2. The van der Waals surface area contributed by atoms with Gasteiger partial charge in [0, 0.05) is 0 Å². The molecule has 0 saturated carbocycles. The zero-order valence-electron chi connectivity index (χ0n) is 12.9. The van der Waals surface area contributed by atoms with Gasteiger partial charge < -0.3 is 9.84 Å². The van der Waals surface area contributed by atoms with Crippen molar-refractivity contribution >= 4 is 5.97 Å². The maximum Gasteiger partial charge on any atom is 0.339 e. The normalized spacial score (nSPS) is 10.5. The van der Waals surface area contributed by atoms with E-state index in [0.717, 1.165) is 22.3 Å². The van der Waals surface area contributed by atoms with Crippen LogP contribution < -0.4 is 4.74 Å². The van der Waals surface area contributed by atoms with Crippen LogP contribution in [0.15, 0.2) is 30.3 Å². The highest BCUT2D eigenvalue weighted by atomic mass is 16.5. The number of rotatable bonds is 4. The Hall–Kier alpha value is -2.29. The number of ether oxygens (including phenoxy) is 1. The summed E-state index contributed by atoms with van der Waals surface area (Å²) in [4.78, 5) is 11.3. The van der Waals surface area contributed by atoms with Crippen molar-refractivity contribution < 1.29 is 14.6 Å². The molecule has 0 spiro atoms. The Labute approximate surface area is 125 Å². The minimum Gasteiger partial charge on any atom is -0.488 e. The molecule has 2 aromatic carbocycles. The van der Waals surface area contributed by atoms with Gasteiger partial charge in [-0.2, -0.15) is 0 Å². The molecule has 0 heterocycles. The highest BCUT2D eigenvalue weighted by Crippen LogP contribution is 2.23. The van der Waals surface area contributed by atoms with Crippen molar-refractivity contribution in [3.8, 4) is 5.75 Å². The van der Waals surface area contributed by atoms with Gasteiger partial charge in [-0.05, 0) is 56.5 Å². The lowest BCUT2D eigenvalue weighted by Crippen LogP contribution is -2.06. The lowest BCUT2D eigenvalue weighted by atomic mass is 10.0. The first kappa shape index (κ1) is 15.1. The standard InChI is InChI=1S/C18H20O3/c1-11-5-6-17(15(9-11)18(19)20)21-10-16-13(3)7-12(2)8-14(16)4/h5-9H,10H2,1-4H3,(H,19,20). The second-order valence-corrected chi connectivity index (χ2v) is 5.47. The monoisotopic (exact) mass is 284 g/mol. The van der Waals surface area contributed by atoms with Crippen molar-refractivity contribution in [1.82, 2.24) is 0 Å². The van der Waals surface area contributed by atoms with Crippen molar-refractivity contribution in [3.63, 3.8) is 0 Å². The second-order valence-electron chi connectivity index (χ2n) is 5.47. The summed E-state index contributed by atoms with van der Waals surface area (Å²) in [6, 6.07) is 9.43. The average molecular weight is 284 g/mol. The van der Waals surface area contributed by atoms with Gasteiger partial charge in [0.2, 0.25) is 0 Å². The fourth-order valence-electron chi connectivity index (χ4n) is 2.52. The van der Waals surface area contributed by atoms with Crippen LogP contribution in [0, 0.1) is 27.7 Å². The molecule has 2 aromatic rings. The Morgan fingerprint density at radius 1 is 1.00 bits per heavy atom. The van der Waals surface area contributed by atoms with E-state index in [4.69, 9.17) is 4.74 Å². The summed E-state index contributed by atoms with van der Waals surface area (Å²) in [5, 5.41) is 9.25. The smallest absolute Gasteiger partial charge is 0.339 e. The van der Waals surface area contributed by atoms with Crippen molar-refractivity contribution in [3.05, 3.63) is 63.7 Å². The molecule has 110 valence electrons. The Kier molecular flexibility index (Phi) is 4.32. The summed E-state index contributed by atoms with van der Waals surface area (Å²) in [5.74, 6) is -0.557. The maximum atomic E-state index is 11.3. The van der Waals surface area contributed by atoms with Crippen LogP contribution in [0.1, 0.15) is 38.2 Å². The van der Waals surface area contributed by atoms with Crippen molar-refractivity contribution in [1.29, 1.82) is 0 Å². The molecule has 0 amide bonds. The van der Waals surface area contributed by atoms with Gasteiger partial charge in [-0.25, -0.2) is 4.79 Å². The van der Waals surface area contributed by atoms with E-state index >= 15 is 0 Å². The van der Waals surface area contributed by atoms with Gasteiger partial charge in [0.25, 0.3) is 0 Å². The summed E-state index contributed by atoms with van der Waals surface area (Å²) < 4.78 is 5.76. The summed E-state index contributed by atoms with van der Waals surface area (Å²) in [7, 11) is 0. The van der Waals surface area contributed by atoms with E-state index in [2.05, 4.69) is 19.1 Å². The second kappa shape index (κ2) is 6.00. The molecule has 0 saturated heterocycles. The first-order valence-corrected chi connectivity index (χ1v) is 6.92. The molecule has 3 heteroatoms. The van der Waals surface area contributed by atoms with E-state index in [1.54, 1.807) is 12.1 Å². The lowest BCUT2D eigenvalue weighted by Gasteiger charge is -2.14. The van der Waals surface area contributed by atoms with Crippen LogP contribution in [0.3, 0.4) is 0 Å². The van der Waals surface area contributed by atoms with Crippen molar-refractivity contribution in [2.24, 2.45) is 0 Å². The predicted octanol–water partition coefficient (Wildman–Crippen LogP) is 4.20. The Bertz CT molecular complexity index is 664. The van der Waals surface area contributed by atoms with Crippen LogP contribution in [-0.2, 0) is 6.61 Å². The van der Waals surface area contributed by atoms with Crippen LogP contribution in [0.4, 0.5) is 0 Å². The zero-order valence-corrected chi connectivity index (χ0v) is 12.9. The average Bonchev–Trinajstić information content (AvgIpc) is 2.38. The molecule has 0 aliphatic heterocycles. The van der Waals surface area contributed by atoms with Crippen LogP contribution in [0.5, 0.6) is 5.75 Å². The molecular formula is C18H20O3. The third-order valence-corrected chi connectivity index (χ3v) is 3.58. The Balaban J connectivity index is 2.27. The van der Waals surface area contributed by atoms with Gasteiger partial charge in [-0.15, -0.1) is 0 Å². The van der Waals surface area contributed by atoms with E-state index in [-0.39, 0.29) is 5.56 Å². The SMILES string of the molecule is Cc1cc(C)c(COc2ccc(C)cc2C(=O)O)c(C)c1. The number of aryl methyl sites for hydroxylation is 4. The lowest BCUT2D eigenvalue weighted by molar-refractivity contribution is 0.0691. The van der Waals surface area contributed by atoms with Crippen LogP contribution >= 0.6 is 0 Å². The van der Waals surface area contributed by atoms with E-state index in [9.17, 15) is 9.90 Å². The number of carbonyl (C=O) groups is 1. The quantitative estimate of drug-likeness (QED) is 0.915. The van der Waals surface area contributed by atoms with Gasteiger partial charge >= 0.3 is 5.97 Å². The third-order valence-electron chi connectivity index (χ3n) is 3.58. The molecule has 21 heavy (non-hydrogen) atoms. The van der Waals surface area contributed by atoms with Gasteiger partial charge in [0.15, 0.2) is 0 Å². The zero-order chi connectivity index (χ0) is 15.6. The molecule has 0 aromatic heterocycles. The summed E-state index contributed by atoms with van der Waals surface area (Å²) in [6.45, 7) is 8.40. The molecule has 1 N–H and O–H groups in total. The molecule has 0 aliphatic rings. The van der Waals surface area contributed by atoms with E-state index in [0.29, 0.717) is 12.4 Å². The molecular weight excluding hydrogens is 264 g/mol. The molecule has 0 atom stereocenters. The maximum absolute atomic E-state index is 11.3. The minimum atomic E-state index is -0.967. The van der Waals surface area contributed by atoms with E-state index in [1.807, 2.05) is 26.8 Å². The first-order chi connectivity index (χ1) is 9.88. The summed E-state index contributed by atoms with van der Waals surface area (Å²) in [6.07, 6.45) is 0. The third kappa shape index (κ3) is 3.43. The fraction of sp³-hybridized carbons (Fsp3) is 0.278. The van der Waals surface area contributed by atoms with Gasteiger partial charge in [0.05, 0.1) is 0 Å². The van der Waals surface area contributed by atoms with Crippen LogP contribution in [-0.4, -0.2) is 11.1 Å². The summed E-state index contributed by atoms with van der Waals surface area (Å²) in [5.41, 5.74) is 5.76. The van der Waals surface area contributed by atoms with Crippen LogP contribution in [0.2, 0.25) is 0 Å². The van der Waals surface area contributed by atoms with Gasteiger partial charge in [-0.3, -0.25) is 0 Å². The van der Waals surface area contributed by atoms with Gasteiger partial charge in [-0.1, -0.05) is 29.3 Å². The highest BCUT2D eigenvalue weighted by molar-refractivity contribution is 5.91. The number of aromatic carboxylic acids is 1. The molecule has 0 bridgehead atoms. The van der Waals surface area contributed by atoms with Crippen LogP contribution in [0.25, 0.3) is 0 Å². The number of hydrogen-bond donors (Lipinski definition) is 1. The Morgan fingerprint density at radius 2 is 1.62 bits per heavy atom. The highest BCUT2D eigenvalue weighted by Gasteiger charge is 2.12. The number of carboxylic acids is 1. The number of carboxylic acid groups (broad SMARTS) is 1. The molecule has 0 aliphatic carbocycles. The molecule has 0 unspecified atom stereocenters. The van der Waals surface area contributed by atoms with Crippen molar-refractivity contribution in [2.45, 2.75) is 34.3 Å². The minimum absolute atomic E-state index is 0.206. The molecule has 0 fully saturated rings. The Morgan fingerprint density at radius 3 is 2.19 bits per heavy atom. The van der Waals surface area contributed by atoms with E-state index in [1.165, 1.54) is 5.56 Å². The van der Waals surface area contributed by atoms with Crippen molar-refractivity contribution in [2.75, 3.05) is 0 Å². The topological polar surface area (TPSA) is 46.5 Å².